The minimum Gasteiger partial charge on any atom is -0.493 e. The smallest absolute Gasteiger partial charge is 0.231 e. The van der Waals surface area contributed by atoms with Gasteiger partial charge in [0.15, 0.2) is 23.0 Å². The van der Waals surface area contributed by atoms with Crippen LogP contribution in [0.15, 0.2) is 18.2 Å². The number of unbranched alkanes of at least 4 members (excludes halogenated alkanes) is 1. The highest BCUT2D eigenvalue weighted by molar-refractivity contribution is 5.85. The zero-order valence-electron chi connectivity index (χ0n) is 16.8. The van der Waals surface area contributed by atoms with Gasteiger partial charge in [0.2, 0.25) is 6.79 Å². The van der Waals surface area contributed by atoms with E-state index in [4.69, 9.17) is 18.9 Å². The van der Waals surface area contributed by atoms with Crippen LogP contribution in [-0.2, 0) is 12.8 Å². The number of fused-ring (bicyclic) bond motifs is 3. The van der Waals surface area contributed by atoms with Crippen molar-refractivity contribution in [1.82, 2.24) is 4.90 Å². The summed E-state index contributed by atoms with van der Waals surface area (Å²) in [5.74, 6) is 3.36. The number of rotatable bonds is 5. The molecule has 148 valence electrons. The molecule has 0 saturated carbocycles. The number of hydrogen-bond acceptors (Lipinski definition) is 5. The van der Waals surface area contributed by atoms with Gasteiger partial charge in [-0.2, -0.15) is 0 Å². The van der Waals surface area contributed by atoms with E-state index >= 15 is 0 Å². The number of methoxy groups -OCH3 is 1. The fourth-order valence-electron chi connectivity index (χ4n) is 4.70. The van der Waals surface area contributed by atoms with E-state index < -0.39 is 0 Å². The minimum absolute atomic E-state index is 0.289. The van der Waals surface area contributed by atoms with Gasteiger partial charge in [-0.1, -0.05) is 13.3 Å². The molecule has 5 heteroatoms. The Hall–Kier alpha value is -2.40. The zero-order valence-corrected chi connectivity index (χ0v) is 16.8. The number of ether oxygens (including phenoxy) is 4. The van der Waals surface area contributed by atoms with Crippen molar-refractivity contribution in [2.45, 2.75) is 38.6 Å². The van der Waals surface area contributed by atoms with E-state index in [1.807, 2.05) is 0 Å². The predicted molar refractivity (Wildman–Crippen MR) is 108 cm³/mol. The summed E-state index contributed by atoms with van der Waals surface area (Å²) < 4.78 is 23.5. The maximum atomic E-state index is 6.33. The van der Waals surface area contributed by atoms with Crippen LogP contribution in [0.5, 0.6) is 23.0 Å². The maximum absolute atomic E-state index is 6.33. The van der Waals surface area contributed by atoms with Gasteiger partial charge in [-0.15, -0.1) is 0 Å². The zero-order chi connectivity index (χ0) is 19.3. The Morgan fingerprint density at radius 3 is 2.75 bits per heavy atom. The van der Waals surface area contributed by atoms with E-state index in [0.29, 0.717) is 12.6 Å². The van der Waals surface area contributed by atoms with E-state index in [-0.39, 0.29) is 6.79 Å². The number of hydrogen-bond donors (Lipinski definition) is 0. The first kappa shape index (κ1) is 17.7. The monoisotopic (exact) mass is 381 g/mol. The molecule has 1 unspecified atom stereocenters. The molecule has 3 aliphatic rings. The Labute approximate surface area is 166 Å². The lowest BCUT2D eigenvalue weighted by Gasteiger charge is -2.40. The van der Waals surface area contributed by atoms with Crippen molar-refractivity contribution in [2.75, 3.05) is 34.1 Å². The summed E-state index contributed by atoms with van der Waals surface area (Å²) in [4.78, 5) is 2.46. The van der Waals surface area contributed by atoms with E-state index in [9.17, 15) is 0 Å². The van der Waals surface area contributed by atoms with Crippen LogP contribution in [0.4, 0.5) is 0 Å². The summed E-state index contributed by atoms with van der Waals surface area (Å²) in [7, 11) is 3.95. The van der Waals surface area contributed by atoms with Gasteiger partial charge in [-0.25, -0.2) is 0 Å². The van der Waals surface area contributed by atoms with Crippen LogP contribution in [-0.4, -0.2) is 39.0 Å². The first-order chi connectivity index (χ1) is 13.7. The van der Waals surface area contributed by atoms with Crippen molar-refractivity contribution >= 4 is 0 Å². The van der Waals surface area contributed by atoms with Crippen LogP contribution in [0.1, 0.15) is 42.5 Å². The van der Waals surface area contributed by atoms with Crippen LogP contribution < -0.4 is 18.9 Å². The molecule has 0 bridgehead atoms. The standard InChI is InChI=1S/C23H27NO4/c1-4-5-8-26-23-20(25-3)10-14-6-7-24(2)17-9-15-11-18-19(28-13-27-18)12-16(15)22(23)21(14)17/h10-12,17H,4-9,13H2,1-3H3. The van der Waals surface area contributed by atoms with Gasteiger partial charge in [0, 0.05) is 18.2 Å². The molecular weight excluding hydrogens is 354 g/mol. The topological polar surface area (TPSA) is 40.2 Å². The lowest BCUT2D eigenvalue weighted by molar-refractivity contribution is 0.174. The number of likely N-dealkylation sites (N-methyl/N-ethyl adjacent to an activating group) is 1. The molecule has 0 radical (unpaired) electrons. The third-order valence-electron chi connectivity index (χ3n) is 6.22. The van der Waals surface area contributed by atoms with Crippen LogP contribution in [0, 0.1) is 0 Å². The van der Waals surface area contributed by atoms with Crippen LogP contribution in [0.25, 0.3) is 11.1 Å². The molecule has 0 amide bonds. The first-order valence-electron chi connectivity index (χ1n) is 10.2. The van der Waals surface area contributed by atoms with Gasteiger partial charge in [0.1, 0.15) is 0 Å². The van der Waals surface area contributed by atoms with Crippen molar-refractivity contribution < 1.29 is 18.9 Å². The van der Waals surface area contributed by atoms with Crippen LogP contribution in [0.2, 0.25) is 0 Å². The SMILES string of the molecule is CCCCOc1c(OC)cc2c3c1-c1cc4c(cc1CC3N(C)CC2)OCO4. The van der Waals surface area contributed by atoms with Gasteiger partial charge in [-0.05, 0) is 66.8 Å². The second kappa shape index (κ2) is 6.89. The number of benzene rings is 2. The largest absolute Gasteiger partial charge is 0.493 e. The molecule has 2 aliphatic heterocycles. The van der Waals surface area contributed by atoms with Crippen molar-refractivity contribution in [3.63, 3.8) is 0 Å². The molecule has 28 heavy (non-hydrogen) atoms. The molecule has 0 spiro atoms. The quantitative estimate of drug-likeness (QED) is 0.720. The van der Waals surface area contributed by atoms with Crippen LogP contribution >= 0.6 is 0 Å². The second-order valence-corrected chi connectivity index (χ2v) is 7.87. The average molecular weight is 381 g/mol. The van der Waals surface area contributed by atoms with Gasteiger partial charge in [-0.3, -0.25) is 4.90 Å². The first-order valence-corrected chi connectivity index (χ1v) is 10.2. The summed E-state index contributed by atoms with van der Waals surface area (Å²) in [6.45, 7) is 4.21. The molecule has 0 saturated heterocycles. The Morgan fingerprint density at radius 2 is 1.96 bits per heavy atom. The van der Waals surface area contributed by atoms with Gasteiger partial charge >= 0.3 is 0 Å². The minimum atomic E-state index is 0.289. The molecule has 2 aromatic carbocycles. The highest BCUT2D eigenvalue weighted by Crippen LogP contribution is 2.54. The molecule has 0 N–H and O–H groups in total. The summed E-state index contributed by atoms with van der Waals surface area (Å²) in [5, 5.41) is 0. The molecule has 2 aromatic rings. The Kier molecular flexibility index (Phi) is 4.35. The Morgan fingerprint density at radius 1 is 1.14 bits per heavy atom. The van der Waals surface area contributed by atoms with Gasteiger partial charge in [0.25, 0.3) is 0 Å². The lowest BCUT2D eigenvalue weighted by Crippen LogP contribution is -2.35. The third kappa shape index (κ3) is 2.64. The van der Waals surface area contributed by atoms with E-state index in [1.165, 1.54) is 27.8 Å². The van der Waals surface area contributed by atoms with Crippen molar-refractivity contribution in [3.05, 3.63) is 34.9 Å². The van der Waals surface area contributed by atoms with E-state index in [2.05, 4.69) is 37.1 Å². The summed E-state index contributed by atoms with van der Waals surface area (Å²) in [5.41, 5.74) is 6.43. The van der Waals surface area contributed by atoms with E-state index in [0.717, 1.165) is 55.2 Å². The van der Waals surface area contributed by atoms with Crippen molar-refractivity contribution in [1.29, 1.82) is 0 Å². The molecular formula is C23H27NO4. The average Bonchev–Trinajstić information content (AvgIpc) is 3.17. The molecule has 2 heterocycles. The molecule has 1 aliphatic carbocycles. The highest BCUT2D eigenvalue weighted by atomic mass is 16.7. The molecule has 5 nitrogen and oxygen atoms in total. The summed E-state index contributed by atoms with van der Waals surface area (Å²) in [6, 6.07) is 6.83. The Balaban J connectivity index is 1.75. The highest BCUT2D eigenvalue weighted by Gasteiger charge is 2.37. The van der Waals surface area contributed by atoms with Crippen LogP contribution in [0.3, 0.4) is 0 Å². The molecule has 0 aromatic heterocycles. The maximum Gasteiger partial charge on any atom is 0.231 e. The molecule has 5 rings (SSSR count). The lowest BCUT2D eigenvalue weighted by atomic mass is 9.76. The van der Waals surface area contributed by atoms with Gasteiger partial charge in [0.05, 0.1) is 13.7 Å². The molecule has 1 atom stereocenters. The normalized spacial score (nSPS) is 19.2. The Bertz CT molecular complexity index is 924. The fourth-order valence-corrected chi connectivity index (χ4v) is 4.70. The van der Waals surface area contributed by atoms with Crippen molar-refractivity contribution in [2.24, 2.45) is 0 Å². The number of nitrogens with zero attached hydrogens (tertiary/aromatic N) is 1. The van der Waals surface area contributed by atoms with Gasteiger partial charge < -0.3 is 18.9 Å². The third-order valence-corrected chi connectivity index (χ3v) is 6.22. The van der Waals surface area contributed by atoms with E-state index in [1.54, 1.807) is 7.11 Å². The summed E-state index contributed by atoms with van der Waals surface area (Å²) >= 11 is 0. The predicted octanol–water partition coefficient (Wildman–Crippen LogP) is 4.35. The summed E-state index contributed by atoms with van der Waals surface area (Å²) in [6.07, 6.45) is 4.13. The van der Waals surface area contributed by atoms with Crippen molar-refractivity contribution in [3.8, 4) is 34.1 Å². The molecule has 0 fully saturated rings. The second-order valence-electron chi connectivity index (χ2n) is 7.87. The fraction of sp³-hybridized carbons (Fsp3) is 0.478.